The minimum absolute atomic E-state index is 0.0206. The number of amides is 2. The molecule has 1 fully saturated rings. The van der Waals surface area contributed by atoms with E-state index in [9.17, 15) is 9.59 Å². The smallest absolute Gasteiger partial charge is 0.248 e. The van der Waals surface area contributed by atoms with Gasteiger partial charge in [0.2, 0.25) is 18.1 Å². The predicted molar refractivity (Wildman–Crippen MR) is 82.9 cm³/mol. The third-order valence-corrected chi connectivity index (χ3v) is 3.84. The van der Waals surface area contributed by atoms with Gasteiger partial charge in [-0.2, -0.15) is 0 Å². The molecule has 7 heteroatoms. The van der Waals surface area contributed by atoms with Crippen molar-refractivity contribution >= 4 is 22.6 Å². The average molecular weight is 315 g/mol. The number of ether oxygens (including phenoxy) is 2. The lowest BCUT2D eigenvalue weighted by Gasteiger charge is -2.23. The SMILES string of the molecule is COC(Oc1cncc2ccc(C(N)=O)cc12)C1CCC(=O)N1. The minimum Gasteiger partial charge on any atom is -0.460 e. The Labute approximate surface area is 132 Å². The van der Waals surface area contributed by atoms with E-state index in [2.05, 4.69) is 10.3 Å². The van der Waals surface area contributed by atoms with Crippen LogP contribution in [-0.4, -0.2) is 36.2 Å². The second kappa shape index (κ2) is 6.21. The number of pyridine rings is 1. The Balaban J connectivity index is 1.93. The van der Waals surface area contributed by atoms with Crippen LogP contribution in [0.3, 0.4) is 0 Å². The van der Waals surface area contributed by atoms with Gasteiger partial charge >= 0.3 is 0 Å². The number of nitrogens with two attached hydrogens (primary N) is 1. The molecular weight excluding hydrogens is 298 g/mol. The Bertz CT molecular complexity index is 762. The van der Waals surface area contributed by atoms with E-state index in [-0.39, 0.29) is 11.9 Å². The van der Waals surface area contributed by atoms with Crippen molar-refractivity contribution in [3.8, 4) is 5.75 Å². The molecule has 7 nitrogen and oxygen atoms in total. The maximum atomic E-state index is 11.4. The lowest BCUT2D eigenvalue weighted by molar-refractivity contribution is -0.121. The number of aromatic nitrogens is 1. The van der Waals surface area contributed by atoms with Crippen molar-refractivity contribution in [3.63, 3.8) is 0 Å². The van der Waals surface area contributed by atoms with E-state index < -0.39 is 12.2 Å². The number of carbonyl (C=O) groups is 2. The van der Waals surface area contributed by atoms with Crippen LogP contribution in [0.2, 0.25) is 0 Å². The van der Waals surface area contributed by atoms with Crippen molar-refractivity contribution in [2.24, 2.45) is 5.73 Å². The fourth-order valence-corrected chi connectivity index (χ4v) is 2.65. The van der Waals surface area contributed by atoms with E-state index in [1.54, 1.807) is 30.6 Å². The topological polar surface area (TPSA) is 104 Å². The zero-order chi connectivity index (χ0) is 16.4. The van der Waals surface area contributed by atoms with Crippen molar-refractivity contribution in [2.45, 2.75) is 25.2 Å². The molecule has 23 heavy (non-hydrogen) atoms. The molecule has 0 bridgehead atoms. The maximum Gasteiger partial charge on any atom is 0.248 e. The predicted octanol–water partition coefficient (Wildman–Crippen LogP) is 0.964. The van der Waals surface area contributed by atoms with Crippen molar-refractivity contribution in [2.75, 3.05) is 7.11 Å². The van der Waals surface area contributed by atoms with Crippen LogP contribution in [0, 0.1) is 0 Å². The van der Waals surface area contributed by atoms with Gasteiger partial charge in [-0.3, -0.25) is 14.6 Å². The van der Waals surface area contributed by atoms with Gasteiger partial charge in [0.25, 0.3) is 0 Å². The summed E-state index contributed by atoms with van der Waals surface area (Å²) in [6.45, 7) is 0. The summed E-state index contributed by atoms with van der Waals surface area (Å²) in [7, 11) is 1.52. The summed E-state index contributed by atoms with van der Waals surface area (Å²) < 4.78 is 11.2. The Kier molecular flexibility index (Phi) is 4.12. The van der Waals surface area contributed by atoms with Gasteiger partial charge < -0.3 is 20.5 Å². The fraction of sp³-hybridized carbons (Fsp3) is 0.312. The van der Waals surface area contributed by atoms with Crippen LogP contribution in [0.5, 0.6) is 5.75 Å². The van der Waals surface area contributed by atoms with Crippen molar-refractivity contribution in [3.05, 3.63) is 36.2 Å². The van der Waals surface area contributed by atoms with E-state index in [4.69, 9.17) is 15.2 Å². The molecule has 0 saturated carbocycles. The Morgan fingerprint density at radius 3 is 2.91 bits per heavy atom. The average Bonchev–Trinajstić information content (AvgIpc) is 2.98. The van der Waals surface area contributed by atoms with Crippen LogP contribution < -0.4 is 15.8 Å². The summed E-state index contributed by atoms with van der Waals surface area (Å²) in [6.07, 6.45) is 3.68. The van der Waals surface area contributed by atoms with Crippen LogP contribution >= 0.6 is 0 Å². The molecule has 2 amide bonds. The third-order valence-electron chi connectivity index (χ3n) is 3.84. The number of fused-ring (bicyclic) bond motifs is 1. The number of hydrogen-bond acceptors (Lipinski definition) is 5. The summed E-state index contributed by atoms with van der Waals surface area (Å²) in [5, 5.41) is 4.35. The number of hydrogen-bond donors (Lipinski definition) is 2. The molecule has 120 valence electrons. The number of methoxy groups -OCH3 is 1. The van der Waals surface area contributed by atoms with Gasteiger partial charge in [0.05, 0.1) is 12.2 Å². The fourth-order valence-electron chi connectivity index (χ4n) is 2.65. The second-order valence-corrected chi connectivity index (χ2v) is 5.37. The van der Waals surface area contributed by atoms with Crippen molar-refractivity contribution in [1.82, 2.24) is 10.3 Å². The van der Waals surface area contributed by atoms with Gasteiger partial charge in [0.1, 0.15) is 5.75 Å². The van der Waals surface area contributed by atoms with E-state index in [1.807, 2.05) is 0 Å². The zero-order valence-corrected chi connectivity index (χ0v) is 12.6. The molecule has 0 aliphatic carbocycles. The van der Waals surface area contributed by atoms with Gasteiger partial charge in [0.15, 0.2) is 0 Å². The number of primary amides is 1. The highest BCUT2D eigenvalue weighted by Crippen LogP contribution is 2.27. The molecule has 0 spiro atoms. The summed E-state index contributed by atoms with van der Waals surface area (Å²) in [5.74, 6) is -0.0627. The molecule has 3 N–H and O–H groups in total. The van der Waals surface area contributed by atoms with Crippen LogP contribution in [-0.2, 0) is 9.53 Å². The molecule has 1 aromatic carbocycles. The van der Waals surface area contributed by atoms with Gasteiger partial charge in [0, 0.05) is 36.1 Å². The Hall–Kier alpha value is -2.67. The summed E-state index contributed by atoms with van der Waals surface area (Å²) in [5.41, 5.74) is 5.72. The minimum atomic E-state index is -0.633. The van der Waals surface area contributed by atoms with Crippen molar-refractivity contribution < 1.29 is 19.1 Å². The molecule has 3 rings (SSSR count). The second-order valence-electron chi connectivity index (χ2n) is 5.37. The highest BCUT2D eigenvalue weighted by atomic mass is 16.7. The molecule has 1 aliphatic heterocycles. The molecule has 2 atom stereocenters. The van der Waals surface area contributed by atoms with E-state index in [1.165, 1.54) is 7.11 Å². The third kappa shape index (κ3) is 3.09. The molecule has 1 aliphatic rings. The Morgan fingerprint density at radius 1 is 1.43 bits per heavy atom. The number of nitrogens with zero attached hydrogens (tertiary/aromatic N) is 1. The maximum absolute atomic E-state index is 11.4. The molecule has 1 aromatic heterocycles. The monoisotopic (exact) mass is 315 g/mol. The van der Waals surface area contributed by atoms with Gasteiger partial charge in [-0.25, -0.2) is 0 Å². The number of benzene rings is 1. The lowest BCUT2D eigenvalue weighted by Crippen LogP contribution is -2.41. The van der Waals surface area contributed by atoms with Crippen LogP contribution in [0.1, 0.15) is 23.2 Å². The molecule has 0 radical (unpaired) electrons. The number of carbonyl (C=O) groups excluding carboxylic acids is 2. The molecule has 2 aromatic rings. The molecule has 1 saturated heterocycles. The number of rotatable bonds is 5. The molecule has 2 unspecified atom stereocenters. The normalized spacial score (nSPS) is 18.7. The quantitative estimate of drug-likeness (QED) is 0.800. The Morgan fingerprint density at radius 2 is 2.26 bits per heavy atom. The van der Waals surface area contributed by atoms with E-state index >= 15 is 0 Å². The van der Waals surface area contributed by atoms with E-state index in [0.29, 0.717) is 29.5 Å². The first-order valence-corrected chi connectivity index (χ1v) is 7.25. The molecule has 2 heterocycles. The standard InChI is InChI=1S/C16H17N3O4/c1-22-16(12-4-5-14(20)19-12)23-13-8-18-7-10-3-2-9(15(17)21)6-11(10)13/h2-3,6-8,12,16H,4-5H2,1H3,(H2,17,21)(H,19,20). The zero-order valence-electron chi connectivity index (χ0n) is 12.6. The first kappa shape index (κ1) is 15.2. The summed E-state index contributed by atoms with van der Waals surface area (Å²) in [6, 6.07) is 4.84. The van der Waals surface area contributed by atoms with Crippen LogP contribution in [0.4, 0.5) is 0 Å². The molecular formula is C16H17N3O4. The highest BCUT2D eigenvalue weighted by Gasteiger charge is 2.30. The number of nitrogens with one attached hydrogen (secondary N) is 1. The van der Waals surface area contributed by atoms with Gasteiger partial charge in [-0.05, 0) is 18.6 Å². The van der Waals surface area contributed by atoms with Gasteiger partial charge in [-0.1, -0.05) is 6.07 Å². The largest absolute Gasteiger partial charge is 0.460 e. The van der Waals surface area contributed by atoms with Crippen LogP contribution in [0.25, 0.3) is 10.8 Å². The summed E-state index contributed by atoms with van der Waals surface area (Å²) in [4.78, 5) is 26.9. The van der Waals surface area contributed by atoms with E-state index in [0.717, 1.165) is 5.39 Å². The van der Waals surface area contributed by atoms with Crippen molar-refractivity contribution in [1.29, 1.82) is 0 Å². The first-order valence-electron chi connectivity index (χ1n) is 7.25. The lowest BCUT2D eigenvalue weighted by atomic mass is 10.1. The van der Waals surface area contributed by atoms with Gasteiger partial charge in [-0.15, -0.1) is 0 Å². The first-order chi connectivity index (χ1) is 11.1. The van der Waals surface area contributed by atoms with Crippen LogP contribution in [0.15, 0.2) is 30.6 Å². The highest BCUT2D eigenvalue weighted by molar-refractivity contribution is 5.99. The summed E-state index contributed by atoms with van der Waals surface area (Å²) >= 11 is 0.